The van der Waals surface area contributed by atoms with Gasteiger partial charge < -0.3 is 10.4 Å². The zero-order valence-corrected chi connectivity index (χ0v) is 10.6. The van der Waals surface area contributed by atoms with Crippen LogP contribution in [0.5, 0.6) is 5.75 Å². The molecular weight excluding hydrogens is 238 g/mol. The Balaban J connectivity index is 2.26. The molecule has 0 saturated carbocycles. The molecule has 1 aliphatic heterocycles. The maximum atomic E-state index is 11.9. The van der Waals surface area contributed by atoms with Crippen molar-refractivity contribution in [3.8, 4) is 5.75 Å². The minimum atomic E-state index is -3.14. The maximum absolute atomic E-state index is 11.9. The van der Waals surface area contributed by atoms with Crippen molar-refractivity contribution in [3.05, 3.63) is 23.8 Å². The Kier molecular flexibility index (Phi) is 3.40. The topological polar surface area (TPSA) is 66.4 Å². The Labute approximate surface area is 102 Å². The van der Waals surface area contributed by atoms with E-state index in [0.717, 1.165) is 24.9 Å². The number of phenolic OH excluding ortho intramolecular Hbond substituents is 1. The number of benzene rings is 1. The van der Waals surface area contributed by atoms with Gasteiger partial charge in [-0.1, -0.05) is 0 Å². The quantitative estimate of drug-likeness (QED) is 0.795. The van der Waals surface area contributed by atoms with E-state index in [1.807, 2.05) is 7.05 Å². The summed E-state index contributed by atoms with van der Waals surface area (Å²) >= 11 is 0. The highest BCUT2D eigenvalue weighted by Crippen LogP contribution is 2.39. The molecule has 5 heteroatoms. The van der Waals surface area contributed by atoms with Crippen LogP contribution >= 0.6 is 0 Å². The summed E-state index contributed by atoms with van der Waals surface area (Å²) in [6.45, 7) is 0.880. The average molecular weight is 255 g/mol. The van der Waals surface area contributed by atoms with Crippen LogP contribution in [0.2, 0.25) is 0 Å². The monoisotopic (exact) mass is 255 g/mol. The lowest BCUT2D eigenvalue weighted by Crippen LogP contribution is -2.10. The first kappa shape index (κ1) is 12.4. The van der Waals surface area contributed by atoms with E-state index < -0.39 is 9.84 Å². The molecular formula is C12H17NO3S. The van der Waals surface area contributed by atoms with Gasteiger partial charge in [0, 0.05) is 0 Å². The Bertz CT molecular complexity index is 510. The lowest BCUT2D eigenvalue weighted by Gasteiger charge is -2.09. The van der Waals surface area contributed by atoms with Crippen LogP contribution in [0.1, 0.15) is 24.3 Å². The van der Waals surface area contributed by atoms with Gasteiger partial charge in [0.2, 0.25) is 0 Å². The van der Waals surface area contributed by atoms with Crippen LogP contribution in [0.15, 0.2) is 23.1 Å². The van der Waals surface area contributed by atoms with E-state index in [9.17, 15) is 13.5 Å². The largest absolute Gasteiger partial charge is 0.508 e. The van der Waals surface area contributed by atoms with E-state index in [1.54, 1.807) is 6.07 Å². The summed E-state index contributed by atoms with van der Waals surface area (Å²) in [6.07, 6.45) is 1.77. The van der Waals surface area contributed by atoms with Gasteiger partial charge >= 0.3 is 0 Å². The minimum Gasteiger partial charge on any atom is -0.508 e. The molecule has 0 aliphatic carbocycles. The third-order valence-electron chi connectivity index (χ3n) is 3.17. The van der Waals surface area contributed by atoms with Crippen LogP contribution in [-0.4, -0.2) is 32.9 Å². The zero-order valence-electron chi connectivity index (χ0n) is 9.81. The normalized spacial score (nSPS) is 21.4. The fourth-order valence-corrected chi connectivity index (χ4v) is 4.26. The van der Waals surface area contributed by atoms with Gasteiger partial charge in [0.15, 0.2) is 9.84 Å². The van der Waals surface area contributed by atoms with Gasteiger partial charge in [0.05, 0.1) is 10.6 Å². The molecule has 4 nitrogen and oxygen atoms in total. The molecule has 0 radical (unpaired) electrons. The number of aromatic hydroxyl groups is 1. The van der Waals surface area contributed by atoms with Gasteiger partial charge in [-0.25, -0.2) is 8.42 Å². The summed E-state index contributed by atoms with van der Waals surface area (Å²) in [4.78, 5) is 0.393. The fraction of sp³-hybridized carbons (Fsp3) is 0.500. The molecule has 17 heavy (non-hydrogen) atoms. The van der Waals surface area contributed by atoms with Crippen LogP contribution < -0.4 is 5.32 Å². The lowest BCUT2D eigenvalue weighted by molar-refractivity contribution is 0.473. The molecule has 94 valence electrons. The maximum Gasteiger partial charge on any atom is 0.179 e. The number of fused-ring (bicyclic) bond motifs is 1. The second-order valence-corrected chi connectivity index (χ2v) is 6.45. The summed E-state index contributed by atoms with van der Waals surface area (Å²) in [5.74, 6) is 0.338. The van der Waals surface area contributed by atoms with Crippen molar-refractivity contribution < 1.29 is 13.5 Å². The molecule has 1 aromatic rings. The van der Waals surface area contributed by atoms with Crippen molar-refractivity contribution in [1.82, 2.24) is 5.32 Å². The van der Waals surface area contributed by atoms with Gasteiger partial charge in [-0.3, -0.25) is 0 Å². The van der Waals surface area contributed by atoms with Crippen molar-refractivity contribution in [2.45, 2.75) is 23.7 Å². The molecule has 0 aromatic heterocycles. The van der Waals surface area contributed by atoms with E-state index in [4.69, 9.17) is 0 Å². The van der Waals surface area contributed by atoms with Crippen LogP contribution in [-0.2, 0) is 9.84 Å². The summed E-state index contributed by atoms with van der Waals surface area (Å²) in [5, 5.41) is 12.5. The van der Waals surface area contributed by atoms with Crippen molar-refractivity contribution in [1.29, 1.82) is 0 Å². The van der Waals surface area contributed by atoms with Gasteiger partial charge in [-0.15, -0.1) is 0 Å². The van der Waals surface area contributed by atoms with Crippen molar-refractivity contribution >= 4 is 9.84 Å². The molecule has 1 unspecified atom stereocenters. The Hall–Kier alpha value is -1.07. The van der Waals surface area contributed by atoms with E-state index in [-0.39, 0.29) is 17.4 Å². The predicted molar refractivity (Wildman–Crippen MR) is 66.1 cm³/mol. The van der Waals surface area contributed by atoms with E-state index in [2.05, 4.69) is 5.32 Å². The number of hydrogen-bond donors (Lipinski definition) is 2. The molecule has 0 bridgehead atoms. The fourth-order valence-electron chi connectivity index (χ4n) is 2.35. The summed E-state index contributed by atoms with van der Waals surface area (Å²) < 4.78 is 23.8. The number of sulfone groups is 1. The highest BCUT2D eigenvalue weighted by molar-refractivity contribution is 7.91. The minimum absolute atomic E-state index is 0.0236. The lowest BCUT2D eigenvalue weighted by atomic mass is 9.96. The number of phenols is 1. The third kappa shape index (κ3) is 2.45. The third-order valence-corrected chi connectivity index (χ3v) is 5.05. The Morgan fingerprint density at radius 3 is 2.94 bits per heavy atom. The van der Waals surface area contributed by atoms with Crippen LogP contribution in [0.25, 0.3) is 0 Å². The summed E-state index contributed by atoms with van der Waals surface area (Å²) in [5.41, 5.74) is 0.779. The second kappa shape index (κ2) is 4.66. The Morgan fingerprint density at radius 2 is 2.24 bits per heavy atom. The van der Waals surface area contributed by atoms with Gasteiger partial charge in [-0.05, 0) is 56.1 Å². The molecule has 1 atom stereocenters. The molecule has 0 amide bonds. The molecule has 0 saturated heterocycles. The van der Waals surface area contributed by atoms with Gasteiger partial charge in [0.1, 0.15) is 5.75 Å². The van der Waals surface area contributed by atoms with Crippen LogP contribution in [0.4, 0.5) is 0 Å². The SMILES string of the molecule is CNCCCC1CS(=O)(=O)c2ccc(O)cc21. The number of rotatable bonds is 4. The smallest absolute Gasteiger partial charge is 0.179 e. The molecule has 0 spiro atoms. The first-order valence-electron chi connectivity index (χ1n) is 5.75. The van der Waals surface area contributed by atoms with Crippen LogP contribution in [0, 0.1) is 0 Å². The van der Waals surface area contributed by atoms with Gasteiger partial charge in [0.25, 0.3) is 0 Å². The van der Waals surface area contributed by atoms with E-state index in [0.29, 0.717) is 4.90 Å². The number of nitrogens with one attached hydrogen (secondary N) is 1. The zero-order chi connectivity index (χ0) is 12.5. The molecule has 0 fully saturated rings. The molecule has 1 aromatic carbocycles. The van der Waals surface area contributed by atoms with Crippen LogP contribution in [0.3, 0.4) is 0 Å². The first-order chi connectivity index (χ1) is 8.04. The summed E-state index contributed by atoms with van der Waals surface area (Å²) in [6, 6.07) is 4.54. The highest BCUT2D eigenvalue weighted by atomic mass is 32.2. The molecule has 1 heterocycles. The van der Waals surface area contributed by atoms with Gasteiger partial charge in [-0.2, -0.15) is 0 Å². The molecule has 2 rings (SSSR count). The second-order valence-electron chi connectivity index (χ2n) is 4.45. The summed E-state index contributed by atoms with van der Waals surface area (Å²) in [7, 11) is -1.26. The van der Waals surface area contributed by atoms with E-state index in [1.165, 1.54) is 12.1 Å². The Morgan fingerprint density at radius 1 is 1.47 bits per heavy atom. The first-order valence-corrected chi connectivity index (χ1v) is 7.40. The standard InChI is InChI=1S/C12H17NO3S/c1-13-6-2-3-9-8-17(15,16)12-5-4-10(14)7-11(9)12/h4-5,7,9,13-14H,2-3,6,8H2,1H3. The molecule has 2 N–H and O–H groups in total. The van der Waals surface area contributed by atoms with E-state index >= 15 is 0 Å². The van der Waals surface area contributed by atoms with Crippen molar-refractivity contribution in [2.24, 2.45) is 0 Å². The van der Waals surface area contributed by atoms with Crippen molar-refractivity contribution in [2.75, 3.05) is 19.3 Å². The predicted octanol–water partition coefficient (Wildman–Crippen LogP) is 1.26. The van der Waals surface area contributed by atoms with Crippen molar-refractivity contribution in [3.63, 3.8) is 0 Å². The number of hydrogen-bond acceptors (Lipinski definition) is 4. The highest BCUT2D eigenvalue weighted by Gasteiger charge is 2.34. The average Bonchev–Trinajstić information content (AvgIpc) is 2.51. The molecule has 1 aliphatic rings.